The molecule has 3 atom stereocenters. The van der Waals surface area contributed by atoms with Gasteiger partial charge in [-0.2, -0.15) is 0 Å². The maximum Gasteiger partial charge on any atom is 0.261 e. The molecule has 2 rings (SSSR count). The van der Waals surface area contributed by atoms with Gasteiger partial charge in [0.25, 0.3) is 5.91 Å². The van der Waals surface area contributed by atoms with E-state index in [0.717, 1.165) is 25.3 Å². The van der Waals surface area contributed by atoms with Crippen molar-refractivity contribution in [1.82, 2.24) is 10.6 Å². The molecule has 4 nitrogen and oxygen atoms in total. The summed E-state index contributed by atoms with van der Waals surface area (Å²) in [6, 6.07) is 8.24. The Morgan fingerprint density at radius 3 is 2.71 bits per heavy atom. The number of carbonyl (C=O) groups is 1. The van der Waals surface area contributed by atoms with Gasteiger partial charge in [-0.15, -0.1) is 12.4 Å². The first-order valence-electron chi connectivity index (χ1n) is 8.55. The molecular weight excluding hydrogens is 324 g/mol. The van der Waals surface area contributed by atoms with Crippen LogP contribution in [0, 0.1) is 5.92 Å². The maximum atomic E-state index is 12.4. The van der Waals surface area contributed by atoms with Gasteiger partial charge in [-0.05, 0) is 55.5 Å². The SMILES string of the molecule is CC(Oc1cccc(C(C)(C)C)c1)C(=O)NC1CCNCC1C.Cl. The number of carbonyl (C=O) groups excluding carboxylic acids is 1. The van der Waals surface area contributed by atoms with Crippen molar-refractivity contribution in [2.24, 2.45) is 5.92 Å². The molecule has 0 aliphatic carbocycles. The van der Waals surface area contributed by atoms with Crippen molar-refractivity contribution in [2.45, 2.75) is 58.6 Å². The van der Waals surface area contributed by atoms with E-state index in [2.05, 4.69) is 44.4 Å². The van der Waals surface area contributed by atoms with E-state index in [4.69, 9.17) is 4.74 Å². The van der Waals surface area contributed by atoms with Crippen LogP contribution >= 0.6 is 12.4 Å². The molecule has 1 aromatic rings. The lowest BCUT2D eigenvalue weighted by Gasteiger charge is -2.31. The van der Waals surface area contributed by atoms with Crippen LogP contribution in [0.4, 0.5) is 0 Å². The molecule has 1 amide bonds. The quantitative estimate of drug-likeness (QED) is 0.872. The number of piperidine rings is 1. The second kappa shape index (κ2) is 8.72. The number of ether oxygens (including phenoxy) is 1. The van der Waals surface area contributed by atoms with Crippen molar-refractivity contribution in [3.8, 4) is 5.75 Å². The Bertz CT molecular complexity index is 542. The first-order chi connectivity index (χ1) is 10.8. The van der Waals surface area contributed by atoms with Gasteiger partial charge in [0.05, 0.1) is 0 Å². The fourth-order valence-corrected chi connectivity index (χ4v) is 2.82. The molecule has 136 valence electrons. The molecule has 1 aliphatic rings. The highest BCUT2D eigenvalue weighted by Gasteiger charge is 2.25. The summed E-state index contributed by atoms with van der Waals surface area (Å²) in [4.78, 5) is 12.4. The van der Waals surface area contributed by atoms with E-state index >= 15 is 0 Å². The minimum atomic E-state index is -0.493. The summed E-state index contributed by atoms with van der Waals surface area (Å²) in [5, 5.41) is 6.47. The van der Waals surface area contributed by atoms with E-state index in [1.165, 1.54) is 5.56 Å². The van der Waals surface area contributed by atoms with Gasteiger partial charge >= 0.3 is 0 Å². The van der Waals surface area contributed by atoms with Crippen molar-refractivity contribution in [2.75, 3.05) is 13.1 Å². The molecule has 1 saturated heterocycles. The molecule has 0 saturated carbocycles. The second-order valence-electron chi connectivity index (χ2n) is 7.62. The Kier molecular flexibility index (Phi) is 7.56. The van der Waals surface area contributed by atoms with Crippen LogP contribution in [0.25, 0.3) is 0 Å². The standard InChI is InChI=1S/C19H30N2O2.ClH/c1-13-12-20-10-9-17(13)21-18(22)14(2)23-16-8-6-7-15(11-16)19(3,4)5;/h6-8,11,13-14,17,20H,9-10,12H2,1-5H3,(H,21,22);1H. The van der Waals surface area contributed by atoms with E-state index < -0.39 is 6.10 Å². The van der Waals surface area contributed by atoms with Crippen LogP contribution in [-0.2, 0) is 10.2 Å². The van der Waals surface area contributed by atoms with Crippen LogP contribution < -0.4 is 15.4 Å². The number of halogens is 1. The highest BCUT2D eigenvalue weighted by Crippen LogP contribution is 2.26. The summed E-state index contributed by atoms with van der Waals surface area (Å²) < 4.78 is 5.86. The zero-order chi connectivity index (χ0) is 17.0. The summed E-state index contributed by atoms with van der Waals surface area (Å²) >= 11 is 0. The largest absolute Gasteiger partial charge is 0.481 e. The van der Waals surface area contributed by atoms with Crippen LogP contribution in [-0.4, -0.2) is 31.1 Å². The third kappa shape index (κ3) is 5.67. The fourth-order valence-electron chi connectivity index (χ4n) is 2.82. The molecular formula is C19H31ClN2O2. The summed E-state index contributed by atoms with van der Waals surface area (Å²) in [5.41, 5.74) is 1.27. The third-order valence-corrected chi connectivity index (χ3v) is 4.50. The number of hydrogen-bond acceptors (Lipinski definition) is 3. The predicted octanol–water partition coefficient (Wildman–Crippen LogP) is 3.29. The molecule has 5 heteroatoms. The number of benzene rings is 1. The van der Waals surface area contributed by atoms with Gasteiger partial charge in [0.2, 0.25) is 0 Å². The van der Waals surface area contributed by atoms with Gasteiger partial charge in [-0.1, -0.05) is 39.8 Å². The normalized spacial score (nSPS) is 22.2. The molecule has 0 aromatic heterocycles. The van der Waals surface area contributed by atoms with Gasteiger partial charge in [-0.3, -0.25) is 4.79 Å². The number of amides is 1. The molecule has 1 aromatic carbocycles. The van der Waals surface area contributed by atoms with E-state index in [-0.39, 0.29) is 29.8 Å². The molecule has 0 bridgehead atoms. The van der Waals surface area contributed by atoms with Gasteiger partial charge in [0.1, 0.15) is 5.75 Å². The lowest BCUT2D eigenvalue weighted by Crippen LogP contribution is -2.51. The van der Waals surface area contributed by atoms with Crippen molar-refractivity contribution in [3.63, 3.8) is 0 Å². The van der Waals surface area contributed by atoms with Crippen molar-refractivity contribution < 1.29 is 9.53 Å². The molecule has 1 fully saturated rings. The second-order valence-corrected chi connectivity index (χ2v) is 7.62. The van der Waals surface area contributed by atoms with Crippen LogP contribution in [0.2, 0.25) is 0 Å². The average molecular weight is 355 g/mol. The summed E-state index contributed by atoms with van der Waals surface area (Å²) in [5.74, 6) is 1.16. The maximum absolute atomic E-state index is 12.4. The van der Waals surface area contributed by atoms with Gasteiger partial charge in [0.15, 0.2) is 6.10 Å². The minimum absolute atomic E-state index is 0. The molecule has 0 spiro atoms. The van der Waals surface area contributed by atoms with E-state index in [9.17, 15) is 4.79 Å². The fraction of sp³-hybridized carbons (Fsp3) is 0.632. The number of rotatable bonds is 4. The van der Waals surface area contributed by atoms with Gasteiger partial charge in [0, 0.05) is 6.04 Å². The van der Waals surface area contributed by atoms with Crippen LogP contribution in [0.3, 0.4) is 0 Å². The Balaban J connectivity index is 0.00000288. The topological polar surface area (TPSA) is 50.4 Å². The van der Waals surface area contributed by atoms with E-state index in [1.54, 1.807) is 0 Å². The van der Waals surface area contributed by atoms with Crippen LogP contribution in [0.15, 0.2) is 24.3 Å². The summed E-state index contributed by atoms with van der Waals surface area (Å²) in [7, 11) is 0. The Labute approximate surface area is 152 Å². The molecule has 1 heterocycles. The molecule has 0 radical (unpaired) electrons. The molecule has 24 heavy (non-hydrogen) atoms. The summed E-state index contributed by atoms with van der Waals surface area (Å²) in [6.07, 6.45) is 0.478. The Hall–Kier alpha value is -1.26. The van der Waals surface area contributed by atoms with Crippen molar-refractivity contribution in [1.29, 1.82) is 0 Å². The first-order valence-corrected chi connectivity index (χ1v) is 8.55. The number of nitrogens with one attached hydrogen (secondary N) is 2. The van der Waals surface area contributed by atoms with Crippen LogP contribution in [0.1, 0.15) is 46.6 Å². The van der Waals surface area contributed by atoms with Crippen molar-refractivity contribution >= 4 is 18.3 Å². The Morgan fingerprint density at radius 1 is 1.38 bits per heavy atom. The van der Waals surface area contributed by atoms with E-state index in [1.807, 2.05) is 25.1 Å². The molecule has 2 N–H and O–H groups in total. The lowest BCUT2D eigenvalue weighted by atomic mass is 9.87. The zero-order valence-electron chi connectivity index (χ0n) is 15.4. The zero-order valence-corrected chi connectivity index (χ0v) is 16.2. The monoisotopic (exact) mass is 354 g/mol. The third-order valence-electron chi connectivity index (χ3n) is 4.50. The predicted molar refractivity (Wildman–Crippen MR) is 101 cm³/mol. The van der Waals surface area contributed by atoms with E-state index in [0.29, 0.717) is 5.92 Å². The number of hydrogen-bond donors (Lipinski definition) is 2. The van der Waals surface area contributed by atoms with Gasteiger partial charge < -0.3 is 15.4 Å². The molecule has 1 aliphatic heterocycles. The van der Waals surface area contributed by atoms with Crippen molar-refractivity contribution in [3.05, 3.63) is 29.8 Å². The average Bonchev–Trinajstić information content (AvgIpc) is 2.49. The highest BCUT2D eigenvalue weighted by atomic mass is 35.5. The van der Waals surface area contributed by atoms with Crippen LogP contribution in [0.5, 0.6) is 5.75 Å². The summed E-state index contributed by atoms with van der Waals surface area (Å²) in [6.45, 7) is 12.4. The first kappa shape index (κ1) is 20.8. The van der Waals surface area contributed by atoms with Gasteiger partial charge in [-0.25, -0.2) is 0 Å². The lowest BCUT2D eigenvalue weighted by molar-refractivity contribution is -0.128. The Morgan fingerprint density at radius 2 is 2.08 bits per heavy atom. The smallest absolute Gasteiger partial charge is 0.261 e. The molecule has 3 unspecified atom stereocenters. The highest BCUT2D eigenvalue weighted by molar-refractivity contribution is 5.85. The minimum Gasteiger partial charge on any atom is -0.481 e.